The molecule has 2 amide bonds. The standard InChI is InChI=1S/C16H23N3O2/c1-12(20)18-14-7-9-19(10-8-14)16(21)15(17)11-13-5-3-2-4-6-13/h2-6,14-15H,7-11,17H2,1H3,(H,18,20)/t15-/m1/s1. The van der Waals surface area contributed by atoms with E-state index in [-0.39, 0.29) is 17.9 Å². The number of carbonyl (C=O) groups excluding carboxylic acids is 2. The van der Waals surface area contributed by atoms with Gasteiger partial charge < -0.3 is 16.0 Å². The van der Waals surface area contributed by atoms with Crippen LogP contribution in [-0.4, -0.2) is 41.9 Å². The van der Waals surface area contributed by atoms with Gasteiger partial charge >= 0.3 is 0 Å². The summed E-state index contributed by atoms with van der Waals surface area (Å²) in [5, 5.41) is 2.90. The molecule has 2 rings (SSSR count). The van der Waals surface area contributed by atoms with E-state index >= 15 is 0 Å². The number of rotatable bonds is 4. The molecule has 5 heteroatoms. The lowest BCUT2D eigenvalue weighted by Crippen LogP contribution is -2.51. The minimum Gasteiger partial charge on any atom is -0.353 e. The van der Waals surface area contributed by atoms with Crippen molar-refractivity contribution >= 4 is 11.8 Å². The van der Waals surface area contributed by atoms with Crippen LogP contribution < -0.4 is 11.1 Å². The number of nitrogens with one attached hydrogen (secondary N) is 1. The van der Waals surface area contributed by atoms with Gasteiger partial charge in [-0.05, 0) is 24.8 Å². The highest BCUT2D eigenvalue weighted by Crippen LogP contribution is 2.12. The van der Waals surface area contributed by atoms with E-state index in [1.807, 2.05) is 35.2 Å². The molecular weight excluding hydrogens is 266 g/mol. The van der Waals surface area contributed by atoms with Gasteiger partial charge in [-0.25, -0.2) is 0 Å². The number of likely N-dealkylation sites (tertiary alicyclic amines) is 1. The van der Waals surface area contributed by atoms with E-state index < -0.39 is 6.04 Å². The minimum atomic E-state index is -0.496. The Morgan fingerprint density at radius 3 is 2.48 bits per heavy atom. The van der Waals surface area contributed by atoms with Gasteiger partial charge in [0.15, 0.2) is 0 Å². The molecule has 0 radical (unpaired) electrons. The topological polar surface area (TPSA) is 75.4 Å². The largest absolute Gasteiger partial charge is 0.353 e. The average Bonchev–Trinajstić information content (AvgIpc) is 2.47. The maximum atomic E-state index is 12.3. The van der Waals surface area contributed by atoms with Crippen molar-refractivity contribution in [3.63, 3.8) is 0 Å². The van der Waals surface area contributed by atoms with E-state index in [4.69, 9.17) is 5.73 Å². The van der Waals surface area contributed by atoms with E-state index in [2.05, 4.69) is 5.32 Å². The van der Waals surface area contributed by atoms with Crippen molar-refractivity contribution in [3.8, 4) is 0 Å². The third-order valence-electron chi connectivity index (χ3n) is 3.83. The maximum Gasteiger partial charge on any atom is 0.239 e. The highest BCUT2D eigenvalue weighted by molar-refractivity contribution is 5.82. The van der Waals surface area contributed by atoms with Gasteiger partial charge in [0.1, 0.15) is 0 Å². The SMILES string of the molecule is CC(=O)NC1CCN(C(=O)[C@H](N)Cc2ccccc2)CC1. The number of nitrogens with two attached hydrogens (primary N) is 1. The molecule has 1 heterocycles. The molecule has 0 saturated carbocycles. The van der Waals surface area contributed by atoms with Crippen LogP contribution in [-0.2, 0) is 16.0 Å². The normalized spacial score (nSPS) is 17.3. The van der Waals surface area contributed by atoms with Crippen molar-refractivity contribution in [2.24, 2.45) is 5.73 Å². The van der Waals surface area contributed by atoms with Crippen molar-refractivity contribution in [2.45, 2.75) is 38.3 Å². The zero-order valence-electron chi connectivity index (χ0n) is 12.4. The van der Waals surface area contributed by atoms with Crippen LogP contribution in [0.4, 0.5) is 0 Å². The van der Waals surface area contributed by atoms with E-state index in [1.54, 1.807) is 0 Å². The highest BCUT2D eigenvalue weighted by atomic mass is 16.2. The number of hydrogen-bond donors (Lipinski definition) is 2. The first-order chi connectivity index (χ1) is 10.1. The van der Waals surface area contributed by atoms with Gasteiger partial charge in [0.05, 0.1) is 6.04 Å². The summed E-state index contributed by atoms with van der Waals surface area (Å²) in [6.07, 6.45) is 2.15. The quantitative estimate of drug-likeness (QED) is 0.856. The lowest BCUT2D eigenvalue weighted by Gasteiger charge is -2.33. The molecule has 1 saturated heterocycles. The second-order valence-electron chi connectivity index (χ2n) is 5.60. The summed E-state index contributed by atoms with van der Waals surface area (Å²) in [7, 11) is 0. The Balaban J connectivity index is 1.82. The van der Waals surface area contributed by atoms with E-state index in [1.165, 1.54) is 6.92 Å². The minimum absolute atomic E-state index is 0.000119. The van der Waals surface area contributed by atoms with Crippen LogP contribution in [0, 0.1) is 0 Å². The second kappa shape index (κ2) is 7.22. The average molecular weight is 289 g/mol. The van der Waals surface area contributed by atoms with Gasteiger partial charge in [-0.3, -0.25) is 9.59 Å². The molecule has 1 fully saturated rings. The smallest absolute Gasteiger partial charge is 0.239 e. The fraction of sp³-hybridized carbons (Fsp3) is 0.500. The summed E-state index contributed by atoms with van der Waals surface area (Å²) in [6.45, 7) is 2.84. The number of amides is 2. The Morgan fingerprint density at radius 1 is 1.29 bits per heavy atom. The Labute approximate surface area is 125 Å². The van der Waals surface area contributed by atoms with Gasteiger partial charge in [0.2, 0.25) is 11.8 Å². The van der Waals surface area contributed by atoms with E-state index in [0.717, 1.165) is 18.4 Å². The molecule has 0 aliphatic carbocycles. The summed E-state index contributed by atoms with van der Waals surface area (Å²) < 4.78 is 0. The Hall–Kier alpha value is -1.88. The van der Waals surface area contributed by atoms with Crippen molar-refractivity contribution in [3.05, 3.63) is 35.9 Å². The zero-order chi connectivity index (χ0) is 15.2. The van der Waals surface area contributed by atoms with Crippen molar-refractivity contribution in [2.75, 3.05) is 13.1 Å². The van der Waals surface area contributed by atoms with Crippen molar-refractivity contribution in [1.82, 2.24) is 10.2 Å². The lowest BCUT2D eigenvalue weighted by molar-refractivity contribution is -0.133. The molecule has 1 aliphatic heterocycles. The van der Waals surface area contributed by atoms with Gasteiger partial charge in [-0.15, -0.1) is 0 Å². The summed E-state index contributed by atoms with van der Waals surface area (Å²) in [6, 6.07) is 9.49. The summed E-state index contributed by atoms with van der Waals surface area (Å²) in [5.74, 6) is -0.0133. The highest BCUT2D eigenvalue weighted by Gasteiger charge is 2.26. The molecule has 1 atom stereocenters. The van der Waals surface area contributed by atoms with Crippen LogP contribution >= 0.6 is 0 Å². The first-order valence-corrected chi connectivity index (χ1v) is 7.41. The van der Waals surface area contributed by atoms with Crippen LogP contribution in [0.5, 0.6) is 0 Å². The van der Waals surface area contributed by atoms with Gasteiger partial charge in [0, 0.05) is 26.1 Å². The van der Waals surface area contributed by atoms with Gasteiger partial charge in [-0.2, -0.15) is 0 Å². The number of piperidine rings is 1. The molecule has 0 aromatic heterocycles. The van der Waals surface area contributed by atoms with Crippen LogP contribution in [0.25, 0.3) is 0 Å². The predicted molar refractivity (Wildman–Crippen MR) is 81.5 cm³/mol. The third-order valence-corrected chi connectivity index (χ3v) is 3.83. The summed E-state index contributed by atoms with van der Waals surface area (Å²) >= 11 is 0. The fourth-order valence-electron chi connectivity index (χ4n) is 2.72. The number of nitrogens with zero attached hydrogens (tertiary/aromatic N) is 1. The monoisotopic (exact) mass is 289 g/mol. The van der Waals surface area contributed by atoms with Crippen LogP contribution in [0.2, 0.25) is 0 Å². The lowest BCUT2D eigenvalue weighted by atomic mass is 10.0. The summed E-state index contributed by atoms with van der Waals surface area (Å²) in [5.41, 5.74) is 7.11. The van der Waals surface area contributed by atoms with Crippen LogP contribution in [0.3, 0.4) is 0 Å². The van der Waals surface area contributed by atoms with Crippen LogP contribution in [0.1, 0.15) is 25.3 Å². The van der Waals surface area contributed by atoms with E-state index in [9.17, 15) is 9.59 Å². The molecule has 1 aromatic carbocycles. The van der Waals surface area contributed by atoms with Crippen molar-refractivity contribution < 1.29 is 9.59 Å². The first-order valence-electron chi connectivity index (χ1n) is 7.41. The first kappa shape index (κ1) is 15.5. The number of hydrogen-bond acceptors (Lipinski definition) is 3. The third kappa shape index (κ3) is 4.56. The zero-order valence-corrected chi connectivity index (χ0v) is 12.4. The van der Waals surface area contributed by atoms with Crippen molar-refractivity contribution in [1.29, 1.82) is 0 Å². The fourth-order valence-corrected chi connectivity index (χ4v) is 2.72. The molecule has 114 valence electrons. The molecule has 21 heavy (non-hydrogen) atoms. The number of benzene rings is 1. The Morgan fingerprint density at radius 2 is 1.90 bits per heavy atom. The van der Waals surface area contributed by atoms with E-state index in [0.29, 0.717) is 19.5 Å². The summed E-state index contributed by atoms with van der Waals surface area (Å²) in [4.78, 5) is 25.2. The Bertz CT molecular complexity index is 482. The molecular formula is C16H23N3O2. The van der Waals surface area contributed by atoms with Gasteiger partial charge in [-0.1, -0.05) is 30.3 Å². The molecule has 5 nitrogen and oxygen atoms in total. The predicted octanol–water partition coefficient (Wildman–Crippen LogP) is 0.684. The maximum absolute atomic E-state index is 12.3. The van der Waals surface area contributed by atoms with Gasteiger partial charge in [0.25, 0.3) is 0 Å². The molecule has 3 N–H and O–H groups in total. The molecule has 0 spiro atoms. The molecule has 0 bridgehead atoms. The number of carbonyl (C=O) groups is 2. The van der Waals surface area contributed by atoms with Crippen LogP contribution in [0.15, 0.2) is 30.3 Å². The molecule has 0 unspecified atom stereocenters. The molecule has 1 aromatic rings. The second-order valence-corrected chi connectivity index (χ2v) is 5.60. The molecule has 1 aliphatic rings. The Kier molecular flexibility index (Phi) is 5.33.